The van der Waals surface area contributed by atoms with E-state index in [2.05, 4.69) is 104 Å². The van der Waals surface area contributed by atoms with Crippen LogP contribution in [0.25, 0.3) is 0 Å². The number of unbranched alkanes of at least 4 members (excludes halogenated alkanes) is 21. The van der Waals surface area contributed by atoms with Crippen LogP contribution in [0.3, 0.4) is 0 Å². The van der Waals surface area contributed by atoms with E-state index in [0.29, 0.717) is 6.42 Å². The minimum absolute atomic E-state index is 0.0718. The van der Waals surface area contributed by atoms with Gasteiger partial charge in [-0.2, -0.15) is 0 Å². The summed E-state index contributed by atoms with van der Waals surface area (Å²) in [7, 11) is -4.43. The molecule has 2 unspecified atom stereocenters. The Morgan fingerprint density at radius 2 is 0.831 bits per heavy atom. The predicted molar refractivity (Wildman–Crippen MR) is 275 cm³/mol. The van der Waals surface area contributed by atoms with Crippen LogP contribution in [0, 0.1) is 0 Å². The number of aliphatic hydroxyl groups is 1. The summed E-state index contributed by atoms with van der Waals surface area (Å²) >= 11 is 0. The van der Waals surface area contributed by atoms with Crippen molar-refractivity contribution in [3.63, 3.8) is 0 Å². The molecule has 0 aliphatic rings. The van der Waals surface area contributed by atoms with Gasteiger partial charge in [0, 0.05) is 19.4 Å². The molecule has 0 aliphatic carbocycles. The fourth-order valence-electron chi connectivity index (χ4n) is 6.84. The van der Waals surface area contributed by atoms with Gasteiger partial charge in [0.25, 0.3) is 0 Å². The number of aliphatic hydroxyl groups excluding tert-OH is 1. The smallest absolute Gasteiger partial charge is 0.463 e. The van der Waals surface area contributed by atoms with Crippen LogP contribution in [0.1, 0.15) is 219 Å². The third-order valence-electron chi connectivity index (χ3n) is 10.8. The van der Waals surface area contributed by atoms with Crippen molar-refractivity contribution in [1.29, 1.82) is 0 Å². The summed E-state index contributed by atoms with van der Waals surface area (Å²) in [5.41, 5.74) is 0. The summed E-state index contributed by atoms with van der Waals surface area (Å²) < 4.78 is 27.0. The van der Waals surface area contributed by atoms with Gasteiger partial charge in [0.05, 0.1) is 13.2 Å². The number of phosphoric ester groups is 1. The Kier molecular flexibility index (Phi) is 48.4. The molecule has 0 rings (SSSR count). The molecule has 0 aromatic rings. The number of carbonyl (C=O) groups excluding carboxylic acids is 2. The maximum absolute atomic E-state index is 12.2. The topological polar surface area (TPSA) is 131 Å². The number of allylic oxidation sites excluding steroid dienone is 14. The van der Waals surface area contributed by atoms with Gasteiger partial charge in [0.2, 0.25) is 5.91 Å². The number of hydrogen-bond donors (Lipinski definition) is 3. The maximum Gasteiger partial charge on any atom is 0.472 e. The van der Waals surface area contributed by atoms with Crippen LogP contribution in [-0.4, -0.2) is 54.3 Å². The minimum Gasteiger partial charge on any atom is -0.463 e. The highest BCUT2D eigenvalue weighted by Gasteiger charge is 2.23. The Morgan fingerprint density at radius 1 is 0.477 bits per heavy atom. The van der Waals surface area contributed by atoms with E-state index in [9.17, 15) is 24.2 Å². The van der Waals surface area contributed by atoms with Gasteiger partial charge in [-0.05, 0) is 96.3 Å². The zero-order valence-electron chi connectivity index (χ0n) is 41.4. The molecule has 2 atom stereocenters. The first-order chi connectivity index (χ1) is 31.8. The molecular weight excluding hydrogens is 834 g/mol. The van der Waals surface area contributed by atoms with E-state index >= 15 is 0 Å². The third kappa shape index (κ3) is 52.0. The fraction of sp³-hybridized carbons (Fsp3) is 0.709. The lowest BCUT2D eigenvalue weighted by Crippen LogP contribution is -2.27. The van der Waals surface area contributed by atoms with Crippen LogP contribution < -0.4 is 5.32 Å². The average Bonchev–Trinajstić information content (AvgIpc) is 3.29. The molecule has 0 fully saturated rings. The summed E-state index contributed by atoms with van der Waals surface area (Å²) in [4.78, 5) is 34.1. The SMILES string of the molecule is CCCCC/C=C\C/C=C\C/C=C\C/C=C\CCCCCCCCCC(=O)OCC(O)COP(=O)(O)OCCNC(=O)CCCCCCCCCC/C=C\C/C=C\C/C=C\CCCCC. The van der Waals surface area contributed by atoms with Gasteiger partial charge < -0.3 is 20.1 Å². The highest BCUT2D eigenvalue weighted by Crippen LogP contribution is 2.42. The standard InChI is InChI=1S/C55H96NO8P/c1-3-5-7-9-11-13-15-17-19-21-23-25-26-28-30-32-34-36-38-40-42-44-46-48-55(59)62-51-53(57)52-64-65(60,61)63-50-49-56-54(58)47-45-43-41-39-37-35-33-31-29-27-24-22-20-18-16-14-12-10-8-6-4-2/h11-14,17-20,23-25,27-28,30,53,57H,3-10,15-16,21-22,26,29,31-52H2,1-2H3,(H,56,58)(H,60,61)/b13-11-,14-12-,19-17-,20-18-,25-23-,27-24-,30-28-. The van der Waals surface area contributed by atoms with Crippen LogP contribution in [0.2, 0.25) is 0 Å². The highest BCUT2D eigenvalue weighted by atomic mass is 31.2. The Hall–Kier alpha value is -2.81. The number of nitrogens with one attached hydrogen (secondary N) is 1. The summed E-state index contributed by atoms with van der Waals surface area (Å²) in [5, 5.41) is 12.8. The molecule has 0 saturated heterocycles. The Morgan fingerprint density at radius 3 is 1.25 bits per heavy atom. The van der Waals surface area contributed by atoms with Gasteiger partial charge in [-0.15, -0.1) is 0 Å². The first-order valence-electron chi connectivity index (χ1n) is 26.1. The summed E-state index contributed by atoms with van der Waals surface area (Å²) in [6.45, 7) is 3.48. The maximum atomic E-state index is 12.2. The molecule has 0 aromatic heterocycles. The van der Waals surface area contributed by atoms with E-state index < -0.39 is 26.5 Å². The van der Waals surface area contributed by atoms with Gasteiger partial charge in [0.15, 0.2) is 0 Å². The van der Waals surface area contributed by atoms with E-state index in [4.69, 9.17) is 13.8 Å². The van der Waals surface area contributed by atoms with Crippen molar-refractivity contribution in [2.24, 2.45) is 0 Å². The molecule has 0 aromatic carbocycles. The normalized spacial score (nSPS) is 13.8. The molecule has 0 heterocycles. The molecule has 0 saturated carbocycles. The van der Waals surface area contributed by atoms with E-state index in [-0.39, 0.29) is 32.1 Å². The van der Waals surface area contributed by atoms with Crippen molar-refractivity contribution in [3.05, 3.63) is 85.1 Å². The largest absolute Gasteiger partial charge is 0.472 e. The van der Waals surface area contributed by atoms with Crippen LogP contribution in [0.4, 0.5) is 0 Å². The van der Waals surface area contributed by atoms with Crippen molar-refractivity contribution in [3.8, 4) is 0 Å². The molecule has 65 heavy (non-hydrogen) atoms. The molecule has 0 radical (unpaired) electrons. The van der Waals surface area contributed by atoms with Gasteiger partial charge in [-0.3, -0.25) is 18.6 Å². The monoisotopic (exact) mass is 930 g/mol. The quantitative estimate of drug-likeness (QED) is 0.0238. The second kappa shape index (κ2) is 50.6. The number of rotatable bonds is 48. The number of ether oxygens (including phenoxy) is 1. The van der Waals surface area contributed by atoms with Gasteiger partial charge >= 0.3 is 13.8 Å². The van der Waals surface area contributed by atoms with Gasteiger partial charge in [-0.1, -0.05) is 195 Å². The van der Waals surface area contributed by atoms with Crippen molar-refractivity contribution in [1.82, 2.24) is 5.32 Å². The Bertz CT molecular complexity index is 1340. The Balaban J connectivity index is 3.62. The van der Waals surface area contributed by atoms with Crippen molar-refractivity contribution in [2.45, 2.75) is 225 Å². The average molecular weight is 930 g/mol. The second-order valence-electron chi connectivity index (χ2n) is 17.1. The highest BCUT2D eigenvalue weighted by molar-refractivity contribution is 7.47. The minimum atomic E-state index is -4.43. The summed E-state index contributed by atoms with van der Waals surface area (Å²) in [6, 6.07) is 0. The molecule has 374 valence electrons. The van der Waals surface area contributed by atoms with Crippen molar-refractivity contribution >= 4 is 19.7 Å². The molecule has 0 bridgehead atoms. The molecule has 3 N–H and O–H groups in total. The first kappa shape index (κ1) is 62.2. The summed E-state index contributed by atoms with van der Waals surface area (Å²) in [6.07, 6.45) is 65.1. The number of amides is 1. The van der Waals surface area contributed by atoms with Crippen LogP contribution in [0.5, 0.6) is 0 Å². The molecule has 10 heteroatoms. The second-order valence-corrected chi connectivity index (χ2v) is 18.6. The fourth-order valence-corrected chi connectivity index (χ4v) is 7.60. The number of carbonyl (C=O) groups is 2. The lowest BCUT2D eigenvalue weighted by molar-refractivity contribution is -0.147. The van der Waals surface area contributed by atoms with Crippen LogP contribution in [0.15, 0.2) is 85.1 Å². The number of hydrogen-bond acceptors (Lipinski definition) is 7. The van der Waals surface area contributed by atoms with Crippen molar-refractivity contribution < 1.29 is 37.9 Å². The molecular formula is C55H96NO8P. The van der Waals surface area contributed by atoms with Gasteiger partial charge in [-0.25, -0.2) is 4.57 Å². The van der Waals surface area contributed by atoms with E-state index in [0.717, 1.165) is 89.9 Å². The van der Waals surface area contributed by atoms with E-state index in [1.165, 1.54) is 103 Å². The van der Waals surface area contributed by atoms with Crippen LogP contribution in [-0.2, 0) is 27.9 Å². The zero-order valence-corrected chi connectivity index (χ0v) is 42.3. The predicted octanol–water partition coefficient (Wildman–Crippen LogP) is 15.6. The molecule has 1 amide bonds. The van der Waals surface area contributed by atoms with E-state index in [1.54, 1.807) is 0 Å². The Labute approximate surface area is 398 Å². The first-order valence-corrected chi connectivity index (χ1v) is 27.6. The molecule has 9 nitrogen and oxygen atoms in total. The molecule has 0 aliphatic heterocycles. The lowest BCUT2D eigenvalue weighted by atomic mass is 10.1. The number of phosphoric acid groups is 1. The lowest BCUT2D eigenvalue weighted by Gasteiger charge is -2.15. The summed E-state index contributed by atoms with van der Waals surface area (Å²) in [5.74, 6) is -0.537. The van der Waals surface area contributed by atoms with E-state index in [1.807, 2.05) is 0 Å². The zero-order chi connectivity index (χ0) is 47.4. The molecule has 0 spiro atoms. The van der Waals surface area contributed by atoms with Gasteiger partial charge in [0.1, 0.15) is 12.7 Å². The van der Waals surface area contributed by atoms with Crippen molar-refractivity contribution in [2.75, 3.05) is 26.4 Å². The van der Waals surface area contributed by atoms with Crippen LogP contribution >= 0.6 is 7.82 Å². The third-order valence-corrected chi connectivity index (χ3v) is 11.8. The number of esters is 1.